The van der Waals surface area contributed by atoms with Crippen molar-refractivity contribution in [3.05, 3.63) is 58.0 Å². The van der Waals surface area contributed by atoms with E-state index in [1.165, 1.54) is 36.5 Å². The maximum absolute atomic E-state index is 4.36. The molecule has 4 rings (SSSR count). The van der Waals surface area contributed by atoms with Gasteiger partial charge >= 0.3 is 0 Å². The highest BCUT2D eigenvalue weighted by atomic mass is 14.9. The summed E-state index contributed by atoms with van der Waals surface area (Å²) in [6.45, 7) is 7.77. The van der Waals surface area contributed by atoms with Crippen molar-refractivity contribution >= 4 is 11.6 Å². The van der Waals surface area contributed by atoms with E-state index in [4.69, 9.17) is 0 Å². The van der Waals surface area contributed by atoms with Crippen LogP contribution >= 0.6 is 0 Å². The topological polar surface area (TPSA) is 12.0 Å². The van der Waals surface area contributed by atoms with Gasteiger partial charge in [0.2, 0.25) is 0 Å². The first-order valence-corrected chi connectivity index (χ1v) is 9.64. The Balaban J connectivity index is 1.91. The number of nitrogens with one attached hydrogen (secondary N) is 1. The zero-order valence-electron chi connectivity index (χ0n) is 14.9. The molecule has 1 heterocycles. The maximum Gasteiger partial charge on any atom is 0.00420 e. The van der Waals surface area contributed by atoms with E-state index in [2.05, 4.69) is 49.2 Å². The lowest BCUT2D eigenvalue weighted by atomic mass is 9.89. The van der Waals surface area contributed by atoms with Crippen molar-refractivity contribution in [1.29, 1.82) is 0 Å². The zero-order valence-corrected chi connectivity index (χ0v) is 14.9. The van der Waals surface area contributed by atoms with Crippen LogP contribution in [0.3, 0.4) is 0 Å². The summed E-state index contributed by atoms with van der Waals surface area (Å²) < 4.78 is 0. The molecule has 0 unspecified atom stereocenters. The minimum absolute atomic E-state index is 0.619. The summed E-state index contributed by atoms with van der Waals surface area (Å²) in [6, 6.07) is 7.57. The van der Waals surface area contributed by atoms with Gasteiger partial charge in [-0.25, -0.2) is 0 Å². The highest BCUT2D eigenvalue weighted by Crippen LogP contribution is 2.39. The summed E-state index contributed by atoms with van der Waals surface area (Å²) in [5.74, 6) is 0.796. The number of rotatable bonds is 2. The van der Waals surface area contributed by atoms with Crippen LogP contribution in [0.2, 0.25) is 0 Å². The molecule has 0 amide bonds. The standard InChI is InChI=1S/C23H29N/c1-16-8-10-20-5-3-7-21(19-12-13-19)23(20)22(15-16)18-6-4-14-24-17(2)9-11-18/h3,5-7,10,17,19,24H,1,4,8-9,11-15H2,2H3/b18-6-/t17-/m1/s1. The van der Waals surface area contributed by atoms with Crippen molar-refractivity contribution in [3.63, 3.8) is 0 Å². The normalized spacial score (nSPS) is 27.2. The lowest BCUT2D eigenvalue weighted by molar-refractivity contribution is 0.511. The van der Waals surface area contributed by atoms with E-state index in [0.29, 0.717) is 6.04 Å². The second-order valence-electron chi connectivity index (χ2n) is 7.81. The Morgan fingerprint density at radius 1 is 1.12 bits per heavy atom. The molecule has 126 valence electrons. The molecule has 1 fully saturated rings. The van der Waals surface area contributed by atoms with E-state index >= 15 is 0 Å². The molecule has 2 aliphatic carbocycles. The molecule has 0 aromatic heterocycles. The van der Waals surface area contributed by atoms with Gasteiger partial charge in [-0.05, 0) is 91.5 Å². The smallest absolute Gasteiger partial charge is 0.00420 e. The van der Waals surface area contributed by atoms with E-state index < -0.39 is 0 Å². The van der Waals surface area contributed by atoms with E-state index in [1.807, 2.05) is 0 Å². The average Bonchev–Trinajstić information content (AvgIpc) is 3.40. The average molecular weight is 319 g/mol. The molecule has 1 aromatic rings. The molecule has 1 aromatic carbocycles. The molecule has 1 N–H and O–H groups in total. The summed E-state index contributed by atoms with van der Waals surface area (Å²) in [5.41, 5.74) is 6.13. The van der Waals surface area contributed by atoms with Gasteiger partial charge in [0.1, 0.15) is 0 Å². The Kier molecular flexibility index (Phi) is 4.45. The van der Waals surface area contributed by atoms with Crippen LogP contribution in [0.15, 0.2) is 42.0 Å². The lowest BCUT2D eigenvalue weighted by Gasteiger charge is -2.21. The molecular formula is C23H29N. The van der Waals surface area contributed by atoms with Crippen LogP contribution in [0.25, 0.3) is 11.6 Å². The van der Waals surface area contributed by atoms with E-state index in [9.17, 15) is 0 Å². The fraction of sp³-hybridized carbons (Fsp3) is 0.478. The van der Waals surface area contributed by atoms with Gasteiger partial charge < -0.3 is 5.32 Å². The maximum atomic E-state index is 4.36. The van der Waals surface area contributed by atoms with Crippen molar-refractivity contribution in [2.24, 2.45) is 0 Å². The molecule has 24 heavy (non-hydrogen) atoms. The Hall–Kier alpha value is -1.60. The molecular weight excluding hydrogens is 290 g/mol. The van der Waals surface area contributed by atoms with Gasteiger partial charge in [0.05, 0.1) is 0 Å². The van der Waals surface area contributed by atoms with Crippen LogP contribution in [0, 0.1) is 0 Å². The minimum Gasteiger partial charge on any atom is -0.314 e. The third-order valence-electron chi connectivity index (χ3n) is 5.75. The van der Waals surface area contributed by atoms with E-state index in [-0.39, 0.29) is 0 Å². The second kappa shape index (κ2) is 6.72. The first kappa shape index (κ1) is 15.9. The lowest BCUT2D eigenvalue weighted by Crippen LogP contribution is -2.32. The van der Waals surface area contributed by atoms with Gasteiger partial charge in [-0.2, -0.15) is 0 Å². The Morgan fingerprint density at radius 3 is 2.83 bits per heavy atom. The monoisotopic (exact) mass is 319 g/mol. The molecule has 1 atom stereocenters. The van der Waals surface area contributed by atoms with Crippen molar-refractivity contribution in [2.75, 3.05) is 6.54 Å². The summed E-state index contributed by atoms with van der Waals surface area (Å²) in [4.78, 5) is 0. The van der Waals surface area contributed by atoms with E-state index in [1.54, 1.807) is 21.9 Å². The summed E-state index contributed by atoms with van der Waals surface area (Å²) in [5, 5.41) is 6.62. The van der Waals surface area contributed by atoms with Gasteiger partial charge in [0, 0.05) is 6.04 Å². The van der Waals surface area contributed by atoms with Crippen molar-refractivity contribution in [1.82, 2.24) is 5.32 Å². The van der Waals surface area contributed by atoms with Gasteiger partial charge in [0.25, 0.3) is 0 Å². The fourth-order valence-corrected chi connectivity index (χ4v) is 4.21. The molecule has 0 spiro atoms. The molecule has 0 saturated heterocycles. The van der Waals surface area contributed by atoms with Crippen LogP contribution in [-0.4, -0.2) is 12.6 Å². The van der Waals surface area contributed by atoms with E-state index in [0.717, 1.165) is 31.7 Å². The van der Waals surface area contributed by atoms with Crippen LogP contribution in [0.5, 0.6) is 0 Å². The molecule has 1 heteroatoms. The Bertz CT molecular complexity index is 792. The largest absolute Gasteiger partial charge is 0.314 e. The van der Waals surface area contributed by atoms with Crippen LogP contribution < -0.4 is 15.8 Å². The molecule has 3 aliphatic rings. The van der Waals surface area contributed by atoms with Crippen molar-refractivity contribution < 1.29 is 0 Å². The number of benzene rings is 1. The first-order chi connectivity index (χ1) is 11.7. The number of hydrogen-bond acceptors (Lipinski definition) is 1. The van der Waals surface area contributed by atoms with Gasteiger partial charge in [-0.15, -0.1) is 0 Å². The molecule has 1 aliphatic heterocycles. The third-order valence-corrected chi connectivity index (χ3v) is 5.75. The van der Waals surface area contributed by atoms with Crippen LogP contribution in [0.4, 0.5) is 0 Å². The summed E-state index contributed by atoms with van der Waals surface area (Å²) in [6.07, 6.45) is 13.3. The zero-order chi connectivity index (χ0) is 16.5. The first-order valence-electron chi connectivity index (χ1n) is 9.64. The second-order valence-corrected chi connectivity index (χ2v) is 7.81. The molecule has 1 nitrogen and oxygen atoms in total. The minimum atomic E-state index is 0.619. The van der Waals surface area contributed by atoms with Crippen LogP contribution in [0.1, 0.15) is 63.4 Å². The van der Waals surface area contributed by atoms with Crippen molar-refractivity contribution in [3.8, 4) is 0 Å². The third kappa shape index (κ3) is 3.28. The Morgan fingerprint density at radius 2 is 2.00 bits per heavy atom. The summed E-state index contributed by atoms with van der Waals surface area (Å²) >= 11 is 0. The Labute approximate surface area is 145 Å². The predicted molar refractivity (Wildman–Crippen MR) is 103 cm³/mol. The quantitative estimate of drug-likeness (QED) is 0.814. The molecule has 0 bridgehead atoms. The molecule has 1 saturated carbocycles. The van der Waals surface area contributed by atoms with Crippen molar-refractivity contribution in [2.45, 2.75) is 63.8 Å². The number of fused-ring (bicyclic) bond motifs is 1. The van der Waals surface area contributed by atoms with Gasteiger partial charge in [-0.3, -0.25) is 0 Å². The summed E-state index contributed by atoms with van der Waals surface area (Å²) in [7, 11) is 0. The SMILES string of the molecule is C=C1CC=c2cccc(C3CC3)c2=C(/C2=C\CCN[C@H](C)CC2)C1. The van der Waals surface area contributed by atoms with Crippen LogP contribution in [-0.2, 0) is 0 Å². The fourth-order valence-electron chi connectivity index (χ4n) is 4.21. The van der Waals surface area contributed by atoms with Gasteiger partial charge in [-0.1, -0.05) is 42.5 Å². The van der Waals surface area contributed by atoms with Gasteiger partial charge in [0.15, 0.2) is 0 Å². The molecule has 0 radical (unpaired) electrons. The highest BCUT2D eigenvalue weighted by molar-refractivity contribution is 5.69. The number of hydrogen-bond donors (Lipinski definition) is 1. The number of allylic oxidation sites excluding steroid dienone is 2. The highest BCUT2D eigenvalue weighted by Gasteiger charge is 2.26. The predicted octanol–water partition coefficient (Wildman–Crippen LogP) is 3.93.